The van der Waals surface area contributed by atoms with Crippen LogP contribution in [0.15, 0.2) is 79.3 Å². The largest absolute Gasteiger partial charge is 0.416 e. The first-order chi connectivity index (χ1) is 15.8. The number of rotatable bonds is 5. The zero-order valence-electron chi connectivity index (χ0n) is 17.4. The monoisotopic (exact) mass is 449 g/mol. The van der Waals surface area contributed by atoms with Crippen LogP contribution >= 0.6 is 0 Å². The van der Waals surface area contributed by atoms with Crippen LogP contribution in [0.25, 0.3) is 11.3 Å². The highest BCUT2D eigenvalue weighted by Crippen LogP contribution is 2.29. The Hall–Kier alpha value is -4.27. The van der Waals surface area contributed by atoms with Gasteiger partial charge >= 0.3 is 6.18 Å². The minimum Gasteiger partial charge on any atom is -0.324 e. The molecule has 0 unspecified atom stereocenters. The van der Waals surface area contributed by atoms with Crippen molar-refractivity contribution >= 4 is 23.2 Å². The number of pyridine rings is 1. The van der Waals surface area contributed by atoms with Crippen LogP contribution in [0.1, 0.15) is 21.5 Å². The van der Waals surface area contributed by atoms with Gasteiger partial charge in [-0.25, -0.2) is 9.97 Å². The molecule has 0 atom stereocenters. The molecular weight excluding hydrogens is 431 g/mol. The number of carbonyl (C=O) groups is 1. The molecule has 0 aliphatic rings. The summed E-state index contributed by atoms with van der Waals surface area (Å²) < 4.78 is 38.2. The smallest absolute Gasteiger partial charge is 0.324 e. The number of hydrogen-bond donors (Lipinski definition) is 2. The summed E-state index contributed by atoms with van der Waals surface area (Å²) in [7, 11) is 0. The Bertz CT molecular complexity index is 1280. The van der Waals surface area contributed by atoms with E-state index in [4.69, 9.17) is 0 Å². The highest BCUT2D eigenvalue weighted by molar-refractivity contribution is 6.04. The quantitative estimate of drug-likeness (QED) is 0.399. The lowest BCUT2D eigenvalue weighted by Gasteiger charge is -2.12. The third-order valence-electron chi connectivity index (χ3n) is 4.85. The summed E-state index contributed by atoms with van der Waals surface area (Å²) >= 11 is 0. The van der Waals surface area contributed by atoms with Crippen molar-refractivity contribution < 1.29 is 18.0 Å². The van der Waals surface area contributed by atoms with Crippen molar-refractivity contribution in [3.8, 4) is 11.3 Å². The van der Waals surface area contributed by atoms with Crippen molar-refractivity contribution in [3.63, 3.8) is 0 Å². The van der Waals surface area contributed by atoms with E-state index in [1.165, 1.54) is 0 Å². The minimum atomic E-state index is -4.46. The Morgan fingerprint density at radius 2 is 1.64 bits per heavy atom. The third kappa shape index (κ3) is 5.32. The number of alkyl halides is 3. The molecule has 0 saturated carbocycles. The minimum absolute atomic E-state index is 0.117. The standard InChI is InChI=1S/C24H18F3N5O/c1-15-2-7-19(30-22(33)17-3-5-18(6-4-17)24(25,26)27)14-21(15)32-23-29-13-10-20(31-23)16-8-11-28-12-9-16/h2-14H,1H3,(H,30,33)(H,29,31,32). The molecule has 4 aromatic rings. The van der Waals surface area contributed by atoms with E-state index in [1.54, 1.807) is 42.9 Å². The average molecular weight is 449 g/mol. The molecule has 1 amide bonds. The van der Waals surface area contributed by atoms with Gasteiger partial charge in [-0.2, -0.15) is 13.2 Å². The summed E-state index contributed by atoms with van der Waals surface area (Å²) in [5.74, 6) is -0.145. The second-order valence-electron chi connectivity index (χ2n) is 7.19. The number of anilines is 3. The number of hydrogen-bond acceptors (Lipinski definition) is 5. The molecule has 0 spiro atoms. The fraction of sp³-hybridized carbons (Fsp3) is 0.0833. The van der Waals surface area contributed by atoms with E-state index in [0.717, 1.165) is 41.1 Å². The number of halogens is 3. The van der Waals surface area contributed by atoms with Crippen LogP contribution in [0.2, 0.25) is 0 Å². The summed E-state index contributed by atoms with van der Waals surface area (Å²) in [4.78, 5) is 25.3. The highest BCUT2D eigenvalue weighted by atomic mass is 19.4. The van der Waals surface area contributed by atoms with E-state index in [0.29, 0.717) is 17.3 Å². The van der Waals surface area contributed by atoms with Crippen molar-refractivity contribution in [3.05, 3.63) is 95.9 Å². The number of nitrogens with one attached hydrogen (secondary N) is 2. The molecule has 2 N–H and O–H groups in total. The zero-order valence-corrected chi connectivity index (χ0v) is 17.4. The number of carbonyl (C=O) groups excluding carboxylic acids is 1. The molecule has 4 rings (SSSR count). The van der Waals surface area contributed by atoms with Crippen LogP contribution in [0.4, 0.5) is 30.5 Å². The Labute approximate surface area is 187 Å². The predicted octanol–water partition coefficient (Wildman–Crippen LogP) is 5.86. The van der Waals surface area contributed by atoms with Crippen molar-refractivity contribution in [2.24, 2.45) is 0 Å². The highest BCUT2D eigenvalue weighted by Gasteiger charge is 2.30. The number of aryl methyl sites for hydroxylation is 1. The van der Waals surface area contributed by atoms with Gasteiger partial charge in [-0.15, -0.1) is 0 Å². The van der Waals surface area contributed by atoms with E-state index in [1.807, 2.05) is 19.1 Å². The van der Waals surface area contributed by atoms with E-state index < -0.39 is 17.6 Å². The number of benzene rings is 2. The molecule has 6 nitrogen and oxygen atoms in total. The fourth-order valence-electron chi connectivity index (χ4n) is 3.07. The predicted molar refractivity (Wildman–Crippen MR) is 119 cm³/mol. The van der Waals surface area contributed by atoms with E-state index in [-0.39, 0.29) is 5.56 Å². The molecule has 33 heavy (non-hydrogen) atoms. The van der Waals surface area contributed by atoms with Gasteiger partial charge < -0.3 is 10.6 Å². The van der Waals surface area contributed by atoms with Gasteiger partial charge in [0.05, 0.1) is 11.3 Å². The average Bonchev–Trinajstić information content (AvgIpc) is 2.81. The van der Waals surface area contributed by atoms with Crippen LogP contribution in [-0.2, 0) is 6.18 Å². The maximum Gasteiger partial charge on any atom is 0.416 e. The van der Waals surface area contributed by atoms with Gasteiger partial charge in [-0.3, -0.25) is 9.78 Å². The SMILES string of the molecule is Cc1ccc(NC(=O)c2ccc(C(F)(F)F)cc2)cc1Nc1nccc(-c2ccncc2)n1. The van der Waals surface area contributed by atoms with Gasteiger partial charge in [-0.1, -0.05) is 6.07 Å². The van der Waals surface area contributed by atoms with Crippen LogP contribution in [0.3, 0.4) is 0 Å². The van der Waals surface area contributed by atoms with E-state index in [9.17, 15) is 18.0 Å². The molecule has 0 radical (unpaired) electrons. The second kappa shape index (κ2) is 9.07. The number of amides is 1. The van der Waals surface area contributed by atoms with Crippen molar-refractivity contribution in [2.45, 2.75) is 13.1 Å². The van der Waals surface area contributed by atoms with E-state index in [2.05, 4.69) is 25.6 Å². The maximum atomic E-state index is 12.7. The number of nitrogens with zero attached hydrogens (tertiary/aromatic N) is 3. The van der Waals surface area contributed by atoms with Gasteiger partial charge in [0.1, 0.15) is 0 Å². The summed E-state index contributed by atoms with van der Waals surface area (Å²) in [5, 5.41) is 5.84. The van der Waals surface area contributed by atoms with Crippen molar-refractivity contribution in [1.29, 1.82) is 0 Å². The molecule has 0 fully saturated rings. The summed E-state index contributed by atoms with van der Waals surface area (Å²) in [6, 6.07) is 14.7. The zero-order chi connectivity index (χ0) is 23.4. The fourth-order valence-corrected chi connectivity index (χ4v) is 3.07. The molecule has 166 valence electrons. The summed E-state index contributed by atoms with van der Waals surface area (Å²) in [5.41, 5.74) is 2.95. The van der Waals surface area contributed by atoms with E-state index >= 15 is 0 Å². The van der Waals surface area contributed by atoms with Gasteiger partial charge in [0, 0.05) is 41.1 Å². The Morgan fingerprint density at radius 1 is 0.909 bits per heavy atom. The molecule has 9 heteroatoms. The van der Waals surface area contributed by atoms with Gasteiger partial charge in [-0.05, 0) is 67.1 Å². The lowest BCUT2D eigenvalue weighted by Crippen LogP contribution is -2.13. The molecule has 0 aliphatic heterocycles. The molecule has 2 aromatic carbocycles. The first kappa shape index (κ1) is 21.9. The molecule has 0 aliphatic carbocycles. The first-order valence-corrected chi connectivity index (χ1v) is 9.89. The van der Waals surface area contributed by atoms with Crippen LogP contribution < -0.4 is 10.6 Å². The lowest BCUT2D eigenvalue weighted by molar-refractivity contribution is -0.137. The molecule has 2 aromatic heterocycles. The van der Waals surface area contributed by atoms with Gasteiger partial charge in [0.2, 0.25) is 5.95 Å². The lowest BCUT2D eigenvalue weighted by atomic mass is 10.1. The molecule has 0 bridgehead atoms. The first-order valence-electron chi connectivity index (χ1n) is 9.89. The summed E-state index contributed by atoms with van der Waals surface area (Å²) in [6.07, 6.45) is 0.537. The van der Waals surface area contributed by atoms with Crippen LogP contribution in [-0.4, -0.2) is 20.9 Å². The second-order valence-corrected chi connectivity index (χ2v) is 7.19. The van der Waals surface area contributed by atoms with Gasteiger partial charge in [0.25, 0.3) is 5.91 Å². The molecule has 0 saturated heterocycles. The topological polar surface area (TPSA) is 79.8 Å². The van der Waals surface area contributed by atoms with Crippen molar-refractivity contribution in [2.75, 3.05) is 10.6 Å². The molecule has 2 heterocycles. The maximum absolute atomic E-state index is 12.7. The Kier molecular flexibility index (Phi) is 6.03. The third-order valence-corrected chi connectivity index (χ3v) is 4.85. The summed E-state index contributed by atoms with van der Waals surface area (Å²) in [6.45, 7) is 1.89. The Balaban J connectivity index is 1.51. The van der Waals surface area contributed by atoms with Crippen LogP contribution in [0, 0.1) is 6.92 Å². The van der Waals surface area contributed by atoms with Gasteiger partial charge in [0.15, 0.2) is 0 Å². The van der Waals surface area contributed by atoms with Crippen molar-refractivity contribution in [1.82, 2.24) is 15.0 Å². The molecular formula is C24H18F3N5O. The number of aromatic nitrogens is 3. The van der Waals surface area contributed by atoms with Crippen LogP contribution in [0.5, 0.6) is 0 Å². The Morgan fingerprint density at radius 3 is 2.33 bits per heavy atom. The normalized spacial score (nSPS) is 11.2.